The molecule has 1 unspecified atom stereocenters. The highest BCUT2D eigenvalue weighted by Gasteiger charge is 2.33. The van der Waals surface area contributed by atoms with Crippen LogP contribution in [0, 0.1) is 5.92 Å². The van der Waals surface area contributed by atoms with Gasteiger partial charge in [-0.1, -0.05) is 41.9 Å². The van der Waals surface area contributed by atoms with Crippen molar-refractivity contribution < 1.29 is 9.59 Å². The van der Waals surface area contributed by atoms with Crippen LogP contribution < -0.4 is 10.6 Å². The molecule has 0 saturated carbocycles. The second-order valence-corrected chi connectivity index (χ2v) is 8.09. The highest BCUT2D eigenvalue weighted by atomic mass is 35.5. The van der Waals surface area contributed by atoms with Gasteiger partial charge in [-0.3, -0.25) is 9.59 Å². The van der Waals surface area contributed by atoms with Crippen LogP contribution in [0.25, 0.3) is 0 Å². The van der Waals surface area contributed by atoms with Gasteiger partial charge in [-0.05, 0) is 61.4 Å². The zero-order valence-corrected chi connectivity index (χ0v) is 17.9. The van der Waals surface area contributed by atoms with Crippen molar-refractivity contribution in [1.82, 2.24) is 5.32 Å². The van der Waals surface area contributed by atoms with Gasteiger partial charge in [0.15, 0.2) is 5.78 Å². The molecule has 6 heteroatoms. The number of nitrogens with one attached hydrogen (secondary N) is 2. The minimum Gasteiger partial charge on any atom is -0.325 e. The topological polar surface area (TPSA) is 58.2 Å². The van der Waals surface area contributed by atoms with E-state index in [0.717, 1.165) is 48.9 Å². The molecule has 1 amide bonds. The predicted octanol–water partition coefficient (Wildman–Crippen LogP) is 4.61. The van der Waals surface area contributed by atoms with Gasteiger partial charge in [0, 0.05) is 24.4 Å². The lowest BCUT2D eigenvalue weighted by Crippen LogP contribution is -2.34. The Labute approximate surface area is 182 Å². The van der Waals surface area contributed by atoms with Crippen molar-refractivity contribution in [2.75, 3.05) is 18.4 Å². The van der Waals surface area contributed by atoms with Gasteiger partial charge in [-0.2, -0.15) is 0 Å². The van der Waals surface area contributed by atoms with Crippen molar-refractivity contribution in [1.29, 1.82) is 0 Å². The first kappa shape index (κ1) is 21.8. The molecule has 4 rings (SSSR count). The van der Waals surface area contributed by atoms with Crippen LogP contribution in [0.2, 0.25) is 5.02 Å². The molecule has 2 aromatic rings. The number of aryl methyl sites for hydroxylation is 2. The second-order valence-electron chi connectivity index (χ2n) is 7.69. The maximum absolute atomic E-state index is 13.2. The van der Waals surface area contributed by atoms with Crippen molar-refractivity contribution in [3.8, 4) is 0 Å². The molecule has 0 bridgehead atoms. The van der Waals surface area contributed by atoms with Gasteiger partial charge in [0.05, 0.1) is 10.7 Å². The molecule has 0 spiro atoms. The van der Waals surface area contributed by atoms with E-state index >= 15 is 0 Å². The van der Waals surface area contributed by atoms with E-state index in [2.05, 4.69) is 34.9 Å². The largest absolute Gasteiger partial charge is 0.325 e. The van der Waals surface area contributed by atoms with Gasteiger partial charge in [0.25, 0.3) is 0 Å². The fraction of sp³-hybridized carbons (Fsp3) is 0.391. The molecule has 1 atom stereocenters. The molecule has 0 fully saturated rings. The van der Waals surface area contributed by atoms with E-state index in [4.69, 9.17) is 11.6 Å². The highest BCUT2D eigenvalue weighted by molar-refractivity contribution is 6.34. The van der Waals surface area contributed by atoms with E-state index in [1.165, 1.54) is 5.56 Å². The molecule has 0 aromatic heterocycles. The fourth-order valence-electron chi connectivity index (χ4n) is 4.29. The highest BCUT2D eigenvalue weighted by Crippen LogP contribution is 2.39. The van der Waals surface area contributed by atoms with Crippen LogP contribution in [0.1, 0.15) is 46.3 Å². The zero-order chi connectivity index (χ0) is 19.5. The van der Waals surface area contributed by atoms with Crippen LogP contribution in [0.3, 0.4) is 0 Å². The molecule has 4 nitrogen and oxygen atoms in total. The summed E-state index contributed by atoms with van der Waals surface area (Å²) >= 11 is 6.36. The first-order chi connectivity index (χ1) is 13.6. The van der Waals surface area contributed by atoms with Crippen molar-refractivity contribution in [2.45, 2.75) is 38.5 Å². The minimum absolute atomic E-state index is 0. The van der Waals surface area contributed by atoms with E-state index in [0.29, 0.717) is 30.1 Å². The maximum Gasteiger partial charge on any atom is 0.224 e. The molecular formula is C23H26Cl2N2O2. The van der Waals surface area contributed by atoms with Crippen LogP contribution >= 0.6 is 24.0 Å². The van der Waals surface area contributed by atoms with E-state index in [9.17, 15) is 9.59 Å². The molecule has 1 aliphatic carbocycles. The van der Waals surface area contributed by atoms with Gasteiger partial charge >= 0.3 is 0 Å². The molecule has 1 heterocycles. The number of hydrogen-bond donors (Lipinski definition) is 2. The van der Waals surface area contributed by atoms with Gasteiger partial charge in [-0.25, -0.2) is 0 Å². The molecule has 1 aliphatic heterocycles. The molecular weight excluding hydrogens is 407 g/mol. The van der Waals surface area contributed by atoms with Crippen molar-refractivity contribution >= 4 is 41.4 Å². The second kappa shape index (κ2) is 9.75. The Morgan fingerprint density at radius 2 is 1.90 bits per heavy atom. The lowest BCUT2D eigenvalue weighted by atomic mass is 9.78. The monoisotopic (exact) mass is 432 g/mol. The third-order valence-electron chi connectivity index (χ3n) is 5.76. The number of carbonyl (C=O) groups is 2. The first-order valence-electron chi connectivity index (χ1n) is 10.1. The number of Topliss-reactive ketones (excluding diaryl/α,β-unsaturated/α-hetero) is 1. The first-order valence-corrected chi connectivity index (χ1v) is 10.4. The Kier molecular flexibility index (Phi) is 7.33. The van der Waals surface area contributed by atoms with E-state index < -0.39 is 0 Å². The van der Waals surface area contributed by atoms with Gasteiger partial charge in [0.2, 0.25) is 5.91 Å². The number of halogens is 2. The molecule has 0 saturated heterocycles. The number of ketones is 1. The van der Waals surface area contributed by atoms with Crippen LogP contribution in [-0.2, 0) is 24.1 Å². The number of rotatable bonds is 6. The molecule has 154 valence electrons. The summed E-state index contributed by atoms with van der Waals surface area (Å²) in [6, 6.07) is 12.3. The fourth-order valence-corrected chi connectivity index (χ4v) is 4.58. The molecule has 2 aromatic carbocycles. The minimum atomic E-state index is -0.0331. The van der Waals surface area contributed by atoms with Crippen molar-refractivity contribution in [3.63, 3.8) is 0 Å². The number of anilines is 1. The smallest absolute Gasteiger partial charge is 0.224 e. The van der Waals surface area contributed by atoms with Gasteiger partial charge in [-0.15, -0.1) is 12.4 Å². The summed E-state index contributed by atoms with van der Waals surface area (Å²) in [7, 11) is 0. The van der Waals surface area contributed by atoms with Crippen LogP contribution in [0.15, 0.2) is 36.4 Å². The Balaban J connectivity index is 0.00000240. The Morgan fingerprint density at radius 1 is 1.10 bits per heavy atom. The summed E-state index contributed by atoms with van der Waals surface area (Å²) in [6.07, 6.45) is 4.80. The average molecular weight is 433 g/mol. The van der Waals surface area contributed by atoms with Gasteiger partial charge in [0.1, 0.15) is 0 Å². The Hall–Kier alpha value is -1.88. The van der Waals surface area contributed by atoms with Crippen molar-refractivity contribution in [2.24, 2.45) is 5.92 Å². The Bertz CT molecular complexity index is 899. The van der Waals surface area contributed by atoms with E-state index in [1.54, 1.807) is 0 Å². The van der Waals surface area contributed by atoms with Crippen LogP contribution in [0.5, 0.6) is 0 Å². The number of benzene rings is 2. The molecule has 0 radical (unpaired) electrons. The zero-order valence-electron chi connectivity index (χ0n) is 16.3. The molecule has 29 heavy (non-hydrogen) atoms. The van der Waals surface area contributed by atoms with Crippen molar-refractivity contribution in [3.05, 3.63) is 63.7 Å². The third kappa shape index (κ3) is 4.82. The van der Waals surface area contributed by atoms with E-state index in [1.807, 2.05) is 12.1 Å². The predicted molar refractivity (Wildman–Crippen MR) is 119 cm³/mol. The summed E-state index contributed by atoms with van der Waals surface area (Å²) in [5.74, 6) is 0.155. The maximum atomic E-state index is 13.2. The quantitative estimate of drug-likeness (QED) is 0.654. The summed E-state index contributed by atoms with van der Waals surface area (Å²) in [6.45, 7) is 1.61. The molecule has 2 N–H and O–H groups in total. The van der Waals surface area contributed by atoms with Crippen LogP contribution in [0.4, 0.5) is 5.69 Å². The third-order valence-corrected chi connectivity index (χ3v) is 6.06. The van der Waals surface area contributed by atoms with E-state index in [-0.39, 0.29) is 30.0 Å². The number of carbonyl (C=O) groups excluding carboxylic acids is 2. The van der Waals surface area contributed by atoms with Gasteiger partial charge < -0.3 is 10.6 Å². The average Bonchev–Trinajstić information content (AvgIpc) is 2.70. The number of amides is 1. The lowest BCUT2D eigenvalue weighted by Gasteiger charge is -2.29. The summed E-state index contributed by atoms with van der Waals surface area (Å²) < 4.78 is 0. The normalized spacial score (nSPS) is 17.8. The number of fused-ring (bicyclic) bond motifs is 3. The van der Waals surface area contributed by atoms with Crippen LogP contribution in [-0.4, -0.2) is 24.8 Å². The summed E-state index contributed by atoms with van der Waals surface area (Å²) in [5, 5.41) is 6.87. The number of hydrogen-bond acceptors (Lipinski definition) is 3. The summed E-state index contributed by atoms with van der Waals surface area (Å²) in [4.78, 5) is 24.9. The Morgan fingerprint density at radius 3 is 2.69 bits per heavy atom. The summed E-state index contributed by atoms with van der Waals surface area (Å²) in [5.41, 5.74) is 4.76. The lowest BCUT2D eigenvalue weighted by molar-refractivity contribution is -0.116. The SMILES string of the molecule is Cl.O=C1CCc2c(c(Cl)cc3c2C(=O)C(CNCCCc2ccccc2)CC3)N1. The standard InChI is InChI=1S/C23H25ClN2O2.ClH/c24-19-13-16-8-9-17(14-25-12-4-7-15-5-2-1-3-6-15)23(28)21(16)18-10-11-20(27)26-22(18)19;/h1-3,5-6,13,17,25H,4,7-12,14H2,(H,26,27);1H. The molecule has 2 aliphatic rings.